The van der Waals surface area contributed by atoms with Crippen LogP contribution in [0.4, 0.5) is 14.5 Å². The summed E-state index contributed by atoms with van der Waals surface area (Å²) < 4.78 is 25.5. The fraction of sp³-hybridized carbons (Fsp3) is 0.500. The maximum absolute atomic E-state index is 12.1. The first kappa shape index (κ1) is 9.25. The van der Waals surface area contributed by atoms with Gasteiger partial charge in [-0.15, -0.1) is 0 Å². The van der Waals surface area contributed by atoms with E-state index in [2.05, 4.69) is 16.7 Å². The number of hydrogen-bond donors (Lipinski definition) is 1. The molecule has 0 aliphatic rings. The first-order chi connectivity index (χ1) is 5.47. The van der Waals surface area contributed by atoms with Crippen LogP contribution in [-0.2, 0) is 6.54 Å². The average molecular weight is 196 g/mol. The summed E-state index contributed by atoms with van der Waals surface area (Å²) in [4.78, 5) is 0. The van der Waals surface area contributed by atoms with E-state index >= 15 is 0 Å². The Morgan fingerprint density at radius 1 is 1.67 bits per heavy atom. The summed E-state index contributed by atoms with van der Waals surface area (Å²) >= 11 is 4.68. The van der Waals surface area contributed by atoms with Crippen LogP contribution in [0, 0.1) is 0 Å². The molecule has 0 saturated carbocycles. The van der Waals surface area contributed by atoms with Gasteiger partial charge in [0, 0.05) is 19.2 Å². The number of hydrogen-bond acceptors (Lipinski definition) is 2. The summed E-state index contributed by atoms with van der Waals surface area (Å²) in [5.74, 6) is 0. The molecule has 0 aliphatic heterocycles. The largest absolute Gasteiger partial charge is 0.396 e. The van der Waals surface area contributed by atoms with Crippen molar-refractivity contribution in [1.82, 2.24) is 9.78 Å². The molecule has 2 N–H and O–H groups in total. The highest BCUT2D eigenvalue weighted by molar-refractivity contribution is 6.21. The maximum Gasteiger partial charge on any atom is 0.323 e. The zero-order chi connectivity index (χ0) is 9.19. The molecule has 0 bridgehead atoms. The van der Waals surface area contributed by atoms with Crippen molar-refractivity contribution in [2.24, 2.45) is 0 Å². The van der Waals surface area contributed by atoms with E-state index in [1.807, 2.05) is 0 Å². The Hall–Kier alpha value is -0.840. The van der Waals surface area contributed by atoms with E-state index in [9.17, 15) is 8.78 Å². The van der Waals surface area contributed by atoms with Gasteiger partial charge in [0.25, 0.3) is 0 Å². The molecule has 1 heterocycles. The standard InChI is InChI=1S/C6H8ClF2N3/c7-6(8,9)1-2-12-4-5(10)3-11-12/h3-4H,1-2,10H2. The normalized spacial score (nSPS) is 11.9. The van der Waals surface area contributed by atoms with Crippen LogP contribution >= 0.6 is 11.6 Å². The summed E-state index contributed by atoms with van der Waals surface area (Å²) in [7, 11) is 0. The zero-order valence-corrected chi connectivity index (χ0v) is 6.93. The fourth-order valence-corrected chi connectivity index (χ4v) is 0.828. The minimum absolute atomic E-state index is 0.0632. The van der Waals surface area contributed by atoms with Gasteiger partial charge in [-0.25, -0.2) is 0 Å². The van der Waals surface area contributed by atoms with Crippen LogP contribution in [0.25, 0.3) is 0 Å². The van der Waals surface area contributed by atoms with Crippen LogP contribution in [0.3, 0.4) is 0 Å². The monoisotopic (exact) mass is 195 g/mol. The fourth-order valence-electron chi connectivity index (χ4n) is 0.743. The van der Waals surface area contributed by atoms with Crippen LogP contribution in [0.5, 0.6) is 0 Å². The van der Waals surface area contributed by atoms with Crippen molar-refractivity contribution in [3.05, 3.63) is 12.4 Å². The first-order valence-corrected chi connectivity index (χ1v) is 3.70. The van der Waals surface area contributed by atoms with Crippen molar-refractivity contribution in [2.75, 3.05) is 5.73 Å². The van der Waals surface area contributed by atoms with E-state index in [-0.39, 0.29) is 6.54 Å². The quantitative estimate of drug-likeness (QED) is 0.746. The Bertz CT molecular complexity index is 256. The Labute approximate surface area is 73.1 Å². The third-order valence-corrected chi connectivity index (χ3v) is 1.47. The number of halogens is 3. The molecule has 0 radical (unpaired) electrons. The lowest BCUT2D eigenvalue weighted by molar-refractivity contribution is 0.0796. The van der Waals surface area contributed by atoms with Gasteiger partial charge in [-0.05, 0) is 11.6 Å². The van der Waals surface area contributed by atoms with E-state index in [4.69, 9.17) is 5.73 Å². The molecule has 1 rings (SSSR count). The van der Waals surface area contributed by atoms with Crippen molar-refractivity contribution in [3.63, 3.8) is 0 Å². The van der Waals surface area contributed by atoms with Gasteiger partial charge in [-0.1, -0.05) is 0 Å². The highest BCUT2D eigenvalue weighted by Crippen LogP contribution is 2.23. The van der Waals surface area contributed by atoms with Gasteiger partial charge in [-0.2, -0.15) is 13.9 Å². The molecule has 0 aliphatic carbocycles. The molecule has 0 atom stereocenters. The molecule has 0 unspecified atom stereocenters. The molecule has 0 spiro atoms. The number of nitrogens with two attached hydrogens (primary N) is 1. The van der Waals surface area contributed by atoms with Crippen molar-refractivity contribution in [3.8, 4) is 0 Å². The summed E-state index contributed by atoms with van der Waals surface area (Å²) in [5.41, 5.74) is 5.77. The number of alkyl halides is 3. The van der Waals surface area contributed by atoms with E-state index in [0.29, 0.717) is 5.69 Å². The molecule has 1 aromatic heterocycles. The van der Waals surface area contributed by atoms with E-state index in [0.717, 1.165) is 0 Å². The van der Waals surface area contributed by atoms with Crippen LogP contribution < -0.4 is 5.73 Å². The predicted molar refractivity (Wildman–Crippen MR) is 42.1 cm³/mol. The number of rotatable bonds is 3. The second-order valence-corrected chi connectivity index (χ2v) is 2.95. The van der Waals surface area contributed by atoms with E-state index < -0.39 is 11.8 Å². The summed E-state index contributed by atoms with van der Waals surface area (Å²) in [5, 5.41) is 0.553. The highest BCUT2D eigenvalue weighted by Gasteiger charge is 2.23. The van der Waals surface area contributed by atoms with Gasteiger partial charge in [0.2, 0.25) is 0 Å². The Kier molecular flexibility index (Phi) is 2.52. The van der Waals surface area contributed by atoms with Gasteiger partial charge in [0.1, 0.15) is 0 Å². The maximum atomic E-state index is 12.1. The summed E-state index contributed by atoms with van der Waals surface area (Å²) in [6, 6.07) is 0. The molecule has 0 fully saturated rings. The molecule has 1 aromatic rings. The number of aromatic nitrogens is 2. The van der Waals surface area contributed by atoms with Gasteiger partial charge >= 0.3 is 5.38 Å². The van der Waals surface area contributed by atoms with Gasteiger partial charge in [-0.3, -0.25) is 4.68 Å². The van der Waals surface area contributed by atoms with Crippen molar-refractivity contribution in [2.45, 2.75) is 18.3 Å². The molecule has 68 valence electrons. The number of aryl methyl sites for hydroxylation is 1. The number of anilines is 1. The van der Waals surface area contributed by atoms with E-state index in [1.165, 1.54) is 17.1 Å². The summed E-state index contributed by atoms with van der Waals surface area (Å²) in [6.07, 6.45) is 2.42. The minimum Gasteiger partial charge on any atom is -0.396 e. The molecular formula is C6H8ClF2N3. The average Bonchev–Trinajstić information content (AvgIpc) is 2.30. The van der Waals surface area contributed by atoms with Crippen LogP contribution in [-0.4, -0.2) is 15.2 Å². The zero-order valence-electron chi connectivity index (χ0n) is 6.17. The molecular weight excluding hydrogens is 188 g/mol. The third kappa shape index (κ3) is 3.04. The van der Waals surface area contributed by atoms with Crippen molar-refractivity contribution in [1.29, 1.82) is 0 Å². The lowest BCUT2D eigenvalue weighted by Crippen LogP contribution is -2.11. The topological polar surface area (TPSA) is 43.8 Å². The molecule has 0 saturated heterocycles. The third-order valence-electron chi connectivity index (χ3n) is 1.28. The highest BCUT2D eigenvalue weighted by atomic mass is 35.5. The lowest BCUT2D eigenvalue weighted by atomic mass is 10.4. The Morgan fingerprint density at radius 3 is 2.75 bits per heavy atom. The van der Waals surface area contributed by atoms with Gasteiger partial charge in [0.05, 0.1) is 11.9 Å². The SMILES string of the molecule is Nc1cnn(CCC(F)(F)Cl)c1. The predicted octanol–water partition coefficient (Wildman–Crippen LogP) is 1.69. The number of nitrogens with zero attached hydrogens (tertiary/aromatic N) is 2. The minimum atomic E-state index is -3.17. The van der Waals surface area contributed by atoms with Crippen molar-refractivity contribution >= 4 is 17.3 Å². The second-order valence-electron chi connectivity index (χ2n) is 2.40. The van der Waals surface area contributed by atoms with E-state index in [1.54, 1.807) is 0 Å². The molecule has 12 heavy (non-hydrogen) atoms. The van der Waals surface area contributed by atoms with Gasteiger partial charge < -0.3 is 5.73 Å². The van der Waals surface area contributed by atoms with Crippen LogP contribution in [0.15, 0.2) is 12.4 Å². The van der Waals surface area contributed by atoms with Crippen molar-refractivity contribution < 1.29 is 8.78 Å². The molecule has 0 amide bonds. The number of nitrogen functional groups attached to an aromatic ring is 1. The molecule has 3 nitrogen and oxygen atoms in total. The smallest absolute Gasteiger partial charge is 0.323 e. The Morgan fingerprint density at radius 2 is 2.33 bits per heavy atom. The molecule has 0 aromatic carbocycles. The first-order valence-electron chi connectivity index (χ1n) is 3.32. The van der Waals surface area contributed by atoms with Crippen LogP contribution in [0.2, 0.25) is 0 Å². The van der Waals surface area contributed by atoms with Gasteiger partial charge in [0.15, 0.2) is 0 Å². The lowest BCUT2D eigenvalue weighted by Gasteiger charge is -2.06. The second kappa shape index (κ2) is 3.26. The summed E-state index contributed by atoms with van der Waals surface area (Å²) in [6.45, 7) is 0.0632. The van der Waals surface area contributed by atoms with Crippen LogP contribution in [0.1, 0.15) is 6.42 Å². The Balaban J connectivity index is 2.44. The molecule has 6 heteroatoms.